The van der Waals surface area contributed by atoms with E-state index in [4.69, 9.17) is 11.6 Å². The van der Waals surface area contributed by atoms with Crippen LogP contribution in [0, 0.1) is 5.92 Å². The zero-order chi connectivity index (χ0) is 16.0. The van der Waals surface area contributed by atoms with Crippen LogP contribution in [0.15, 0.2) is 41.8 Å². The van der Waals surface area contributed by atoms with Gasteiger partial charge in [0.05, 0.1) is 17.0 Å². The highest BCUT2D eigenvalue weighted by Crippen LogP contribution is 2.20. The van der Waals surface area contributed by atoms with Crippen LogP contribution in [0.1, 0.15) is 26.7 Å². The molecule has 21 heavy (non-hydrogen) atoms. The molecule has 0 aromatic heterocycles. The Hall–Kier alpha value is -0.880. The Kier molecular flexibility index (Phi) is 6.87. The molecule has 1 aromatic rings. The van der Waals surface area contributed by atoms with Crippen LogP contribution in [0.3, 0.4) is 0 Å². The summed E-state index contributed by atoms with van der Waals surface area (Å²) in [5, 5.41) is 10.5. The van der Waals surface area contributed by atoms with E-state index in [1.165, 1.54) is 12.1 Å². The van der Waals surface area contributed by atoms with Crippen molar-refractivity contribution in [2.24, 2.45) is 5.92 Å². The first-order valence-electron chi connectivity index (χ1n) is 6.88. The molecule has 0 saturated carbocycles. The van der Waals surface area contributed by atoms with Crippen LogP contribution in [0.4, 0.5) is 0 Å². The Morgan fingerprint density at radius 2 is 2.14 bits per heavy atom. The molecule has 0 heterocycles. The summed E-state index contributed by atoms with van der Waals surface area (Å²) in [6.45, 7) is 7.43. The van der Waals surface area contributed by atoms with E-state index < -0.39 is 22.2 Å². The minimum Gasteiger partial charge on any atom is -0.391 e. The van der Waals surface area contributed by atoms with Gasteiger partial charge in [0.15, 0.2) is 0 Å². The summed E-state index contributed by atoms with van der Waals surface area (Å²) in [6.07, 6.45) is 1.84. The average molecular weight is 332 g/mol. The highest BCUT2D eigenvalue weighted by atomic mass is 35.5. The Bertz CT molecular complexity index is 574. The second-order valence-corrected chi connectivity index (χ2v) is 7.23. The van der Waals surface area contributed by atoms with Crippen LogP contribution in [-0.4, -0.2) is 25.7 Å². The van der Waals surface area contributed by atoms with Gasteiger partial charge < -0.3 is 5.11 Å². The SMILES string of the molecule is C=CCC(O)[C@@H](NS(=O)(=O)c1cccc(Cl)c1)[C@@H](C)CC. The van der Waals surface area contributed by atoms with Crippen LogP contribution in [-0.2, 0) is 10.0 Å². The fourth-order valence-electron chi connectivity index (χ4n) is 2.03. The first-order chi connectivity index (χ1) is 9.81. The van der Waals surface area contributed by atoms with Crippen molar-refractivity contribution in [2.45, 2.75) is 43.7 Å². The first kappa shape index (κ1) is 18.2. The van der Waals surface area contributed by atoms with Gasteiger partial charge in [-0.05, 0) is 30.5 Å². The van der Waals surface area contributed by atoms with Gasteiger partial charge in [-0.3, -0.25) is 0 Å². The van der Waals surface area contributed by atoms with Gasteiger partial charge in [-0.2, -0.15) is 0 Å². The van der Waals surface area contributed by atoms with Gasteiger partial charge in [-0.25, -0.2) is 13.1 Å². The quantitative estimate of drug-likeness (QED) is 0.720. The Morgan fingerprint density at radius 1 is 1.48 bits per heavy atom. The van der Waals surface area contributed by atoms with Crippen molar-refractivity contribution in [1.82, 2.24) is 4.72 Å². The predicted molar refractivity (Wildman–Crippen MR) is 85.8 cm³/mol. The van der Waals surface area contributed by atoms with Crippen LogP contribution >= 0.6 is 11.6 Å². The molecule has 0 spiro atoms. The maximum atomic E-state index is 12.4. The lowest BCUT2D eigenvalue weighted by atomic mass is 9.94. The number of nitrogens with one attached hydrogen (secondary N) is 1. The van der Waals surface area contributed by atoms with Crippen LogP contribution in [0.2, 0.25) is 5.02 Å². The number of halogens is 1. The highest BCUT2D eigenvalue weighted by Gasteiger charge is 2.29. The number of aliphatic hydroxyl groups excluding tert-OH is 1. The van der Waals surface area contributed by atoms with Crippen molar-refractivity contribution >= 4 is 21.6 Å². The Labute approximate surface area is 131 Å². The van der Waals surface area contributed by atoms with E-state index in [1.54, 1.807) is 18.2 Å². The Balaban J connectivity index is 3.03. The summed E-state index contributed by atoms with van der Waals surface area (Å²) in [7, 11) is -3.73. The third-order valence-electron chi connectivity index (χ3n) is 3.48. The summed E-state index contributed by atoms with van der Waals surface area (Å²) in [6, 6.07) is 5.48. The van der Waals surface area contributed by atoms with E-state index in [2.05, 4.69) is 11.3 Å². The summed E-state index contributed by atoms with van der Waals surface area (Å²) in [5.41, 5.74) is 0. The van der Waals surface area contributed by atoms with Gasteiger partial charge in [-0.15, -0.1) is 6.58 Å². The molecule has 2 N–H and O–H groups in total. The normalized spacial score (nSPS) is 16.2. The fraction of sp³-hybridized carbons (Fsp3) is 0.467. The molecular weight excluding hydrogens is 310 g/mol. The highest BCUT2D eigenvalue weighted by molar-refractivity contribution is 7.89. The van der Waals surface area contributed by atoms with Gasteiger partial charge in [0.2, 0.25) is 10.0 Å². The molecule has 1 rings (SSSR count). The maximum Gasteiger partial charge on any atom is 0.240 e. The molecule has 1 unspecified atom stereocenters. The van der Waals surface area contributed by atoms with Crippen LogP contribution < -0.4 is 4.72 Å². The number of aliphatic hydroxyl groups is 1. The average Bonchev–Trinajstić information content (AvgIpc) is 2.44. The molecule has 0 aliphatic heterocycles. The van der Waals surface area contributed by atoms with Crippen molar-refractivity contribution < 1.29 is 13.5 Å². The minimum absolute atomic E-state index is 0.00564. The smallest absolute Gasteiger partial charge is 0.240 e. The van der Waals surface area contributed by atoms with E-state index in [1.807, 2.05) is 13.8 Å². The lowest BCUT2D eigenvalue weighted by Gasteiger charge is -2.28. The van der Waals surface area contributed by atoms with Crippen molar-refractivity contribution in [3.63, 3.8) is 0 Å². The van der Waals surface area contributed by atoms with E-state index in [-0.39, 0.29) is 10.8 Å². The summed E-state index contributed by atoms with van der Waals surface area (Å²) in [5.74, 6) is -0.00564. The second-order valence-electron chi connectivity index (χ2n) is 5.08. The van der Waals surface area contributed by atoms with E-state index in [0.717, 1.165) is 6.42 Å². The lowest BCUT2D eigenvalue weighted by Crippen LogP contribution is -2.47. The minimum atomic E-state index is -3.73. The number of hydrogen-bond donors (Lipinski definition) is 2. The van der Waals surface area contributed by atoms with Gasteiger partial charge in [-0.1, -0.05) is 44.0 Å². The number of benzene rings is 1. The molecule has 0 fully saturated rings. The molecule has 0 radical (unpaired) electrons. The topological polar surface area (TPSA) is 66.4 Å². The number of hydrogen-bond acceptors (Lipinski definition) is 3. The summed E-state index contributed by atoms with van der Waals surface area (Å²) < 4.78 is 27.4. The second kappa shape index (κ2) is 7.94. The van der Waals surface area contributed by atoms with E-state index >= 15 is 0 Å². The summed E-state index contributed by atoms with van der Waals surface area (Å²) in [4.78, 5) is 0.0918. The third kappa shape index (κ3) is 5.11. The largest absolute Gasteiger partial charge is 0.391 e. The fourth-order valence-corrected chi connectivity index (χ4v) is 3.71. The third-order valence-corrected chi connectivity index (χ3v) is 5.17. The molecule has 4 nitrogen and oxygen atoms in total. The zero-order valence-electron chi connectivity index (χ0n) is 12.3. The van der Waals surface area contributed by atoms with Crippen molar-refractivity contribution in [2.75, 3.05) is 0 Å². The van der Waals surface area contributed by atoms with Crippen molar-refractivity contribution in [3.05, 3.63) is 41.9 Å². The van der Waals surface area contributed by atoms with Crippen molar-refractivity contribution in [3.8, 4) is 0 Å². The first-order valence-corrected chi connectivity index (χ1v) is 8.74. The van der Waals surface area contributed by atoms with E-state index in [9.17, 15) is 13.5 Å². The molecule has 6 heteroatoms. The maximum absolute atomic E-state index is 12.4. The molecule has 0 aliphatic carbocycles. The van der Waals surface area contributed by atoms with Gasteiger partial charge in [0.1, 0.15) is 0 Å². The molecule has 0 amide bonds. The molecular formula is C15H22ClNO3S. The molecule has 0 bridgehead atoms. The molecule has 3 atom stereocenters. The van der Waals surface area contributed by atoms with E-state index in [0.29, 0.717) is 11.4 Å². The van der Waals surface area contributed by atoms with Gasteiger partial charge >= 0.3 is 0 Å². The van der Waals surface area contributed by atoms with Gasteiger partial charge in [0.25, 0.3) is 0 Å². The standard InChI is InChI=1S/C15H22ClNO3S/c1-4-7-14(18)15(11(3)5-2)17-21(19,20)13-9-6-8-12(16)10-13/h4,6,8-11,14-15,17-18H,1,5,7H2,2-3H3/t11-,14?,15-/m0/s1. The summed E-state index contributed by atoms with van der Waals surface area (Å²) >= 11 is 5.83. The van der Waals surface area contributed by atoms with Gasteiger partial charge in [0, 0.05) is 5.02 Å². The number of rotatable bonds is 8. The van der Waals surface area contributed by atoms with Crippen LogP contribution in [0.25, 0.3) is 0 Å². The molecule has 0 aliphatic rings. The number of sulfonamides is 1. The van der Waals surface area contributed by atoms with Crippen molar-refractivity contribution in [1.29, 1.82) is 0 Å². The molecule has 1 aromatic carbocycles. The zero-order valence-corrected chi connectivity index (χ0v) is 13.9. The molecule has 0 saturated heterocycles. The van der Waals surface area contributed by atoms with Crippen LogP contribution in [0.5, 0.6) is 0 Å². The monoisotopic (exact) mass is 331 g/mol. The Morgan fingerprint density at radius 3 is 2.67 bits per heavy atom. The predicted octanol–water partition coefficient (Wildman–Crippen LogP) is 2.97. The lowest BCUT2D eigenvalue weighted by molar-refractivity contribution is 0.114. The molecule has 118 valence electrons.